The van der Waals surface area contributed by atoms with E-state index in [0.29, 0.717) is 76.6 Å². The van der Waals surface area contributed by atoms with Gasteiger partial charge in [0, 0.05) is 0 Å². The largest absolute Gasteiger partial charge is 0.491 e. The van der Waals surface area contributed by atoms with Crippen LogP contribution < -0.4 is 37.9 Å². The van der Waals surface area contributed by atoms with E-state index in [-0.39, 0.29) is 47.8 Å². The molecule has 0 spiro atoms. The molecule has 0 saturated carbocycles. The summed E-state index contributed by atoms with van der Waals surface area (Å²) in [7, 11) is 6.26. The van der Waals surface area contributed by atoms with E-state index in [9.17, 15) is 9.59 Å². The number of methoxy groups -OCH3 is 4. The van der Waals surface area contributed by atoms with Gasteiger partial charge >= 0.3 is 11.9 Å². The minimum atomic E-state index is -0.505. The number of hydrogen-bond donors (Lipinski definition) is 0. The fourth-order valence-corrected chi connectivity index (χ4v) is 8.70. The summed E-state index contributed by atoms with van der Waals surface area (Å²) in [5.41, 5.74) is 1.70. The van der Waals surface area contributed by atoms with E-state index in [1.165, 1.54) is 22.7 Å². The van der Waals surface area contributed by atoms with Crippen molar-refractivity contribution in [2.45, 2.75) is 120 Å². The molecule has 2 aromatic carbocycles. The Bertz CT molecular complexity index is 1850. The van der Waals surface area contributed by atoms with Crippen LogP contribution in [0.4, 0.5) is 0 Å². The molecule has 58 heavy (non-hydrogen) atoms. The van der Waals surface area contributed by atoms with Crippen molar-refractivity contribution in [1.29, 1.82) is 0 Å². The fourth-order valence-electron chi connectivity index (χ4n) is 5.99. The van der Waals surface area contributed by atoms with Crippen molar-refractivity contribution in [3.05, 3.63) is 35.4 Å². The SMILES string of the molecule is COc1c(-c2sc(-c3c(OC(C)C)cc(C(=O)OC(C)C)cc3OC(C)C)c(OC)c2OC)sc(-c2c(OC(C)C)cc(C(=O)OC(C)C)cc2OC(C)C)c1OC. The van der Waals surface area contributed by atoms with Crippen LogP contribution in [0, 0.1) is 0 Å². The number of esters is 2. The summed E-state index contributed by atoms with van der Waals surface area (Å²) >= 11 is 2.75. The van der Waals surface area contributed by atoms with Crippen molar-refractivity contribution in [2.24, 2.45) is 0 Å². The smallest absolute Gasteiger partial charge is 0.338 e. The summed E-state index contributed by atoms with van der Waals surface area (Å²) in [6, 6.07) is 6.66. The summed E-state index contributed by atoms with van der Waals surface area (Å²) < 4.78 is 61.2. The third kappa shape index (κ3) is 10.4. The molecule has 2 aromatic heterocycles. The van der Waals surface area contributed by atoms with E-state index in [1.807, 2.05) is 55.4 Å². The monoisotopic (exact) mass is 842 g/mol. The van der Waals surface area contributed by atoms with Gasteiger partial charge in [0.25, 0.3) is 0 Å². The highest BCUT2D eigenvalue weighted by molar-refractivity contribution is 7.26. The lowest BCUT2D eigenvalue weighted by atomic mass is 10.1. The summed E-state index contributed by atoms with van der Waals surface area (Å²) in [5, 5.41) is 0. The predicted octanol–water partition coefficient (Wildman–Crippen LogP) is 11.1. The molecule has 0 radical (unpaired) electrons. The molecule has 4 rings (SSSR count). The Morgan fingerprint density at radius 1 is 0.397 bits per heavy atom. The van der Waals surface area contributed by atoms with Gasteiger partial charge in [0.05, 0.1) is 107 Å². The topological polar surface area (TPSA) is 126 Å². The van der Waals surface area contributed by atoms with Gasteiger partial charge < -0.3 is 47.4 Å². The van der Waals surface area contributed by atoms with Gasteiger partial charge in [0.2, 0.25) is 0 Å². The van der Waals surface area contributed by atoms with Crippen molar-refractivity contribution in [3.63, 3.8) is 0 Å². The van der Waals surface area contributed by atoms with E-state index in [4.69, 9.17) is 47.4 Å². The molecule has 0 N–H and O–H groups in total. The lowest BCUT2D eigenvalue weighted by molar-refractivity contribution is 0.0366. The van der Waals surface area contributed by atoms with Crippen LogP contribution in [-0.2, 0) is 9.47 Å². The predicted molar refractivity (Wildman–Crippen MR) is 229 cm³/mol. The maximum Gasteiger partial charge on any atom is 0.338 e. The molecule has 0 unspecified atom stereocenters. The van der Waals surface area contributed by atoms with Gasteiger partial charge in [-0.15, -0.1) is 22.7 Å². The number of hydrogen-bond acceptors (Lipinski definition) is 14. The normalized spacial score (nSPS) is 11.5. The molecular weight excluding hydrogens is 785 g/mol. The first-order chi connectivity index (χ1) is 27.3. The average Bonchev–Trinajstić information content (AvgIpc) is 3.66. The summed E-state index contributed by atoms with van der Waals surface area (Å²) in [6.45, 7) is 22.4. The molecule has 0 saturated heterocycles. The van der Waals surface area contributed by atoms with Crippen molar-refractivity contribution in [3.8, 4) is 76.6 Å². The minimum absolute atomic E-state index is 0.262. The molecule has 12 nitrogen and oxygen atoms in total. The highest BCUT2D eigenvalue weighted by atomic mass is 32.1. The Kier molecular flexibility index (Phi) is 15.6. The van der Waals surface area contributed by atoms with Crippen LogP contribution in [0.1, 0.15) is 104 Å². The molecule has 14 heteroatoms. The van der Waals surface area contributed by atoms with Crippen LogP contribution in [0.25, 0.3) is 30.6 Å². The first kappa shape index (κ1) is 45.9. The third-order valence-corrected chi connectivity index (χ3v) is 10.4. The van der Waals surface area contributed by atoms with Gasteiger partial charge in [0.1, 0.15) is 23.0 Å². The number of carbonyl (C=O) groups is 2. The van der Waals surface area contributed by atoms with Crippen LogP contribution in [0.2, 0.25) is 0 Å². The van der Waals surface area contributed by atoms with Gasteiger partial charge in [-0.1, -0.05) is 0 Å². The van der Waals surface area contributed by atoms with Gasteiger partial charge in [-0.3, -0.25) is 0 Å². The Balaban J connectivity index is 2.12. The van der Waals surface area contributed by atoms with Gasteiger partial charge in [-0.25, -0.2) is 9.59 Å². The molecule has 0 fully saturated rings. The molecule has 4 aromatic rings. The summed E-state index contributed by atoms with van der Waals surface area (Å²) in [6.07, 6.45) is -1.71. The number of rotatable bonds is 19. The molecule has 0 bridgehead atoms. The fraction of sp³-hybridized carbons (Fsp3) is 0.500. The Hall–Kier alpha value is -4.82. The number of benzene rings is 2. The van der Waals surface area contributed by atoms with Crippen LogP contribution in [0.5, 0.6) is 46.0 Å². The Morgan fingerprint density at radius 2 is 0.638 bits per heavy atom. The number of carbonyl (C=O) groups excluding carboxylic acids is 2. The summed E-state index contributed by atoms with van der Waals surface area (Å²) in [5.74, 6) is 2.27. The molecular formula is C44H58O12S2. The van der Waals surface area contributed by atoms with Crippen molar-refractivity contribution in [1.82, 2.24) is 0 Å². The van der Waals surface area contributed by atoms with Crippen molar-refractivity contribution >= 4 is 34.6 Å². The molecule has 0 aliphatic heterocycles. The Labute approximate surface area is 350 Å². The molecule has 0 aliphatic carbocycles. The second-order valence-corrected chi connectivity index (χ2v) is 17.0. The molecule has 0 amide bonds. The van der Waals surface area contributed by atoms with Crippen LogP contribution >= 0.6 is 22.7 Å². The minimum Gasteiger partial charge on any atom is -0.491 e. The maximum absolute atomic E-state index is 13.3. The van der Waals surface area contributed by atoms with Crippen LogP contribution in [-0.4, -0.2) is 77.0 Å². The average molecular weight is 843 g/mol. The maximum atomic E-state index is 13.3. The second-order valence-electron chi connectivity index (χ2n) is 14.9. The summed E-state index contributed by atoms with van der Waals surface area (Å²) in [4.78, 5) is 29.1. The lowest BCUT2D eigenvalue weighted by Gasteiger charge is -2.21. The van der Waals surface area contributed by atoms with E-state index in [0.717, 1.165) is 0 Å². The standard InChI is InChI=1S/C44H58O12S2/c1-21(2)51-29-17-27(43(45)55-25(9)10)18-30(52-22(3)4)33(29)39-35(47-13)37(49-15)41(57-39)42-38(50-16)36(48-14)40(58-42)34-31(53-23(5)6)19-28(44(46)56-26(11)12)20-32(34)54-24(7)8/h17-26H,1-16H3. The molecule has 0 atom stereocenters. The van der Waals surface area contributed by atoms with E-state index >= 15 is 0 Å². The van der Waals surface area contributed by atoms with Gasteiger partial charge in [0.15, 0.2) is 23.0 Å². The van der Waals surface area contributed by atoms with Crippen LogP contribution in [0.15, 0.2) is 24.3 Å². The first-order valence-electron chi connectivity index (χ1n) is 19.3. The van der Waals surface area contributed by atoms with Gasteiger partial charge in [-0.2, -0.15) is 0 Å². The van der Waals surface area contributed by atoms with E-state index in [1.54, 1.807) is 80.4 Å². The number of ether oxygens (including phenoxy) is 10. The van der Waals surface area contributed by atoms with Crippen LogP contribution in [0.3, 0.4) is 0 Å². The Morgan fingerprint density at radius 3 is 0.845 bits per heavy atom. The highest BCUT2D eigenvalue weighted by Gasteiger charge is 2.35. The lowest BCUT2D eigenvalue weighted by Crippen LogP contribution is -2.15. The molecule has 318 valence electrons. The van der Waals surface area contributed by atoms with Crippen molar-refractivity contribution < 1.29 is 57.0 Å². The van der Waals surface area contributed by atoms with E-state index < -0.39 is 11.9 Å². The zero-order valence-corrected chi connectivity index (χ0v) is 38.1. The third-order valence-electron chi connectivity index (χ3n) is 7.86. The highest BCUT2D eigenvalue weighted by Crippen LogP contribution is 2.63. The van der Waals surface area contributed by atoms with E-state index in [2.05, 4.69) is 0 Å². The zero-order valence-electron chi connectivity index (χ0n) is 36.5. The molecule has 0 aliphatic rings. The molecule has 2 heterocycles. The van der Waals surface area contributed by atoms with Gasteiger partial charge in [-0.05, 0) is 107 Å². The zero-order chi connectivity index (χ0) is 43.2. The quantitative estimate of drug-likeness (QED) is 0.0834. The van der Waals surface area contributed by atoms with Crippen molar-refractivity contribution in [2.75, 3.05) is 28.4 Å². The second kappa shape index (κ2) is 19.8. The first-order valence-corrected chi connectivity index (χ1v) is 20.9. The number of thiophene rings is 2.